The van der Waals surface area contributed by atoms with Crippen molar-refractivity contribution >= 4 is 21.1 Å². The van der Waals surface area contributed by atoms with Crippen molar-refractivity contribution in [3.05, 3.63) is 24.3 Å². The number of sulfonamides is 1. The van der Waals surface area contributed by atoms with E-state index < -0.39 is 10.0 Å². The maximum atomic E-state index is 12.6. The first-order valence-electron chi connectivity index (χ1n) is 6.64. The molecule has 0 amide bonds. The molecule has 3 rings (SSSR count). The van der Waals surface area contributed by atoms with Gasteiger partial charge >= 0.3 is 5.22 Å². The molecule has 1 atom stereocenters. The Kier molecular flexibility index (Phi) is 3.49. The third-order valence-electron chi connectivity index (χ3n) is 3.63. The summed E-state index contributed by atoms with van der Waals surface area (Å²) in [6, 6.07) is 7.24. The van der Waals surface area contributed by atoms with Gasteiger partial charge in [-0.15, -0.1) is 0 Å². The number of likely N-dealkylation sites (N-methyl/N-ethyl adjacent to an activating group) is 1. The first kappa shape index (κ1) is 13.5. The second kappa shape index (κ2) is 5.16. The van der Waals surface area contributed by atoms with Crippen molar-refractivity contribution in [3.8, 4) is 0 Å². The summed E-state index contributed by atoms with van der Waals surface area (Å²) in [5.74, 6) is 0. The van der Waals surface area contributed by atoms with Crippen LogP contribution in [-0.2, 0) is 10.0 Å². The Hall–Kier alpha value is -1.44. The van der Waals surface area contributed by atoms with E-state index in [1.807, 2.05) is 7.05 Å². The van der Waals surface area contributed by atoms with Gasteiger partial charge in [-0.2, -0.15) is 9.29 Å². The largest absolute Gasteiger partial charge is 0.427 e. The molecule has 1 aromatic heterocycles. The van der Waals surface area contributed by atoms with Crippen LogP contribution in [0.4, 0.5) is 0 Å². The van der Waals surface area contributed by atoms with Crippen LogP contribution in [0.3, 0.4) is 0 Å². The van der Waals surface area contributed by atoms with Crippen molar-refractivity contribution < 1.29 is 12.8 Å². The molecule has 1 fully saturated rings. The van der Waals surface area contributed by atoms with Crippen LogP contribution in [0.15, 0.2) is 33.9 Å². The molecule has 1 aromatic carbocycles. The molecule has 6 nitrogen and oxygen atoms in total. The van der Waals surface area contributed by atoms with E-state index in [2.05, 4.69) is 10.3 Å². The molecule has 0 radical (unpaired) electrons. The molecule has 1 aliphatic heterocycles. The molecule has 20 heavy (non-hydrogen) atoms. The van der Waals surface area contributed by atoms with Crippen LogP contribution in [0.5, 0.6) is 0 Å². The number of piperidine rings is 1. The monoisotopic (exact) mass is 295 g/mol. The van der Waals surface area contributed by atoms with E-state index in [0.29, 0.717) is 24.2 Å². The van der Waals surface area contributed by atoms with Crippen LogP contribution in [0.25, 0.3) is 11.1 Å². The number of hydrogen-bond acceptors (Lipinski definition) is 5. The van der Waals surface area contributed by atoms with E-state index in [4.69, 9.17) is 4.42 Å². The molecule has 1 saturated heterocycles. The van der Waals surface area contributed by atoms with Crippen LogP contribution in [-0.4, -0.2) is 43.9 Å². The predicted octanol–water partition coefficient (Wildman–Crippen LogP) is 1.20. The minimum atomic E-state index is -3.65. The van der Waals surface area contributed by atoms with Gasteiger partial charge in [0.25, 0.3) is 10.0 Å². The topological polar surface area (TPSA) is 75.4 Å². The van der Waals surface area contributed by atoms with Crippen molar-refractivity contribution in [1.82, 2.24) is 14.6 Å². The number of fused-ring (bicyclic) bond motifs is 1. The van der Waals surface area contributed by atoms with Gasteiger partial charge in [0.05, 0.1) is 0 Å². The normalized spacial score (nSPS) is 21.4. The number of hydrogen-bond donors (Lipinski definition) is 1. The molecule has 0 saturated carbocycles. The van der Waals surface area contributed by atoms with Crippen LogP contribution < -0.4 is 5.32 Å². The molecular formula is C13H17N3O3S. The molecule has 1 aliphatic rings. The van der Waals surface area contributed by atoms with Crippen LogP contribution >= 0.6 is 0 Å². The zero-order valence-corrected chi connectivity index (χ0v) is 12.1. The Labute approximate surface area is 117 Å². The minimum Gasteiger partial charge on any atom is -0.427 e. The summed E-state index contributed by atoms with van der Waals surface area (Å²) in [4.78, 5) is 4.09. The fourth-order valence-corrected chi connectivity index (χ4v) is 3.84. The number of nitrogens with zero attached hydrogens (tertiary/aromatic N) is 2. The first-order valence-corrected chi connectivity index (χ1v) is 8.08. The second-order valence-corrected chi connectivity index (χ2v) is 6.75. The van der Waals surface area contributed by atoms with Crippen molar-refractivity contribution in [2.24, 2.45) is 0 Å². The number of aromatic nitrogens is 1. The van der Waals surface area contributed by atoms with Gasteiger partial charge in [-0.1, -0.05) is 12.1 Å². The molecule has 0 spiro atoms. The van der Waals surface area contributed by atoms with Crippen molar-refractivity contribution in [2.45, 2.75) is 24.1 Å². The Morgan fingerprint density at radius 2 is 2.20 bits per heavy atom. The Morgan fingerprint density at radius 1 is 1.40 bits per heavy atom. The molecule has 0 aliphatic carbocycles. The number of nitrogens with one attached hydrogen (secondary N) is 1. The fraction of sp³-hybridized carbons (Fsp3) is 0.462. The lowest BCUT2D eigenvalue weighted by molar-refractivity contribution is 0.285. The molecule has 2 aromatic rings. The highest BCUT2D eigenvalue weighted by molar-refractivity contribution is 7.88. The fourth-order valence-electron chi connectivity index (χ4n) is 2.47. The van der Waals surface area contributed by atoms with E-state index in [9.17, 15) is 8.42 Å². The summed E-state index contributed by atoms with van der Waals surface area (Å²) in [5, 5.41) is 2.91. The molecule has 1 unspecified atom stereocenters. The van der Waals surface area contributed by atoms with E-state index in [-0.39, 0.29) is 11.3 Å². The third-order valence-corrected chi connectivity index (χ3v) is 5.25. The van der Waals surface area contributed by atoms with Gasteiger partial charge in [-0.05, 0) is 32.0 Å². The highest BCUT2D eigenvalue weighted by atomic mass is 32.2. The minimum absolute atomic E-state index is 0.183. The highest BCUT2D eigenvalue weighted by Gasteiger charge is 2.33. The van der Waals surface area contributed by atoms with Crippen LogP contribution in [0.1, 0.15) is 12.8 Å². The number of para-hydroxylation sites is 2. The Balaban J connectivity index is 1.94. The van der Waals surface area contributed by atoms with Crippen molar-refractivity contribution in [3.63, 3.8) is 0 Å². The summed E-state index contributed by atoms with van der Waals surface area (Å²) in [7, 11) is -1.80. The van der Waals surface area contributed by atoms with Gasteiger partial charge in [-0.3, -0.25) is 0 Å². The van der Waals surface area contributed by atoms with Gasteiger partial charge < -0.3 is 9.73 Å². The molecule has 1 N–H and O–H groups in total. The number of rotatable bonds is 3. The molecule has 2 heterocycles. The molecule has 108 valence electrons. The number of benzene rings is 1. The van der Waals surface area contributed by atoms with Gasteiger partial charge in [0.15, 0.2) is 5.58 Å². The van der Waals surface area contributed by atoms with Gasteiger partial charge in [-0.25, -0.2) is 8.42 Å². The van der Waals surface area contributed by atoms with Crippen LogP contribution in [0.2, 0.25) is 0 Å². The zero-order valence-electron chi connectivity index (χ0n) is 11.2. The summed E-state index contributed by atoms with van der Waals surface area (Å²) in [6.45, 7) is 0.969. The summed E-state index contributed by atoms with van der Waals surface area (Å²) in [6.07, 6.45) is 1.82. The zero-order chi connectivity index (χ0) is 14.2. The average molecular weight is 295 g/mol. The maximum absolute atomic E-state index is 12.6. The third kappa shape index (κ3) is 2.32. The van der Waals surface area contributed by atoms with Gasteiger partial charge in [0.2, 0.25) is 0 Å². The Morgan fingerprint density at radius 3 is 2.95 bits per heavy atom. The maximum Gasteiger partial charge on any atom is 0.332 e. The quantitative estimate of drug-likeness (QED) is 0.921. The van der Waals surface area contributed by atoms with Gasteiger partial charge in [0, 0.05) is 19.1 Å². The summed E-state index contributed by atoms with van der Waals surface area (Å²) < 4.78 is 32.0. The van der Waals surface area contributed by atoms with Crippen LogP contribution in [0, 0.1) is 0 Å². The van der Waals surface area contributed by atoms with E-state index in [1.165, 1.54) is 4.31 Å². The molecule has 7 heteroatoms. The number of oxazole rings is 1. The van der Waals surface area contributed by atoms with E-state index >= 15 is 0 Å². The van der Waals surface area contributed by atoms with E-state index in [1.54, 1.807) is 24.3 Å². The summed E-state index contributed by atoms with van der Waals surface area (Å²) >= 11 is 0. The van der Waals surface area contributed by atoms with Crippen molar-refractivity contribution in [1.29, 1.82) is 0 Å². The molecule has 0 bridgehead atoms. The summed E-state index contributed by atoms with van der Waals surface area (Å²) in [5.41, 5.74) is 1.06. The lowest BCUT2D eigenvalue weighted by Gasteiger charge is -2.30. The van der Waals surface area contributed by atoms with Gasteiger partial charge in [0.1, 0.15) is 5.52 Å². The SMILES string of the molecule is CNC1CCCN(S(=O)(=O)c2nc3ccccc3o2)C1. The predicted molar refractivity (Wildman–Crippen MR) is 74.8 cm³/mol. The first-order chi connectivity index (χ1) is 9.61. The molecular weight excluding hydrogens is 278 g/mol. The lowest BCUT2D eigenvalue weighted by atomic mass is 10.1. The van der Waals surface area contributed by atoms with E-state index in [0.717, 1.165) is 12.8 Å². The highest BCUT2D eigenvalue weighted by Crippen LogP contribution is 2.23. The second-order valence-electron chi connectivity index (χ2n) is 4.94. The smallest absolute Gasteiger partial charge is 0.332 e. The standard InChI is InChI=1S/C13H17N3O3S/c1-14-10-5-4-8-16(9-10)20(17,18)13-15-11-6-2-3-7-12(11)19-13/h2-3,6-7,10,14H,4-5,8-9H2,1H3. The lowest BCUT2D eigenvalue weighted by Crippen LogP contribution is -2.46. The average Bonchev–Trinajstić information content (AvgIpc) is 2.92. The van der Waals surface area contributed by atoms with Crippen molar-refractivity contribution in [2.75, 3.05) is 20.1 Å². The Bertz CT molecular complexity index is 677.